The lowest BCUT2D eigenvalue weighted by molar-refractivity contribution is 0.0784. The van der Waals surface area contributed by atoms with Gasteiger partial charge < -0.3 is 10.2 Å². The predicted octanol–water partition coefficient (Wildman–Crippen LogP) is 2.10. The second-order valence-electron chi connectivity index (χ2n) is 4.60. The van der Waals surface area contributed by atoms with Crippen LogP contribution in [0.15, 0.2) is 36.7 Å². The highest BCUT2D eigenvalue weighted by Crippen LogP contribution is 2.15. The smallest absolute Gasteiger partial charge is 0.256 e. The van der Waals surface area contributed by atoms with Crippen molar-refractivity contribution in [2.75, 3.05) is 19.4 Å². The fourth-order valence-corrected chi connectivity index (χ4v) is 1.99. The van der Waals surface area contributed by atoms with Crippen LogP contribution in [-0.4, -0.2) is 34.9 Å². The summed E-state index contributed by atoms with van der Waals surface area (Å²) in [7, 11) is 3.54. The van der Waals surface area contributed by atoms with Gasteiger partial charge in [-0.2, -0.15) is 0 Å². The van der Waals surface area contributed by atoms with Crippen LogP contribution in [-0.2, 0) is 6.54 Å². The topological polar surface area (TPSA) is 58.1 Å². The molecule has 2 aromatic rings. The minimum Gasteiger partial charge on any atom is -0.386 e. The molecule has 0 bridgehead atoms. The molecule has 0 spiro atoms. The van der Waals surface area contributed by atoms with E-state index in [0.29, 0.717) is 12.1 Å². The second-order valence-corrected chi connectivity index (χ2v) is 4.60. The van der Waals surface area contributed by atoms with Crippen molar-refractivity contribution in [2.45, 2.75) is 13.5 Å². The average molecular weight is 270 g/mol. The zero-order chi connectivity index (χ0) is 14.5. The Balaban J connectivity index is 2.16. The van der Waals surface area contributed by atoms with Crippen molar-refractivity contribution in [3.8, 4) is 0 Å². The first-order valence-corrected chi connectivity index (χ1v) is 6.41. The van der Waals surface area contributed by atoms with E-state index < -0.39 is 0 Å². The van der Waals surface area contributed by atoms with Gasteiger partial charge in [0.2, 0.25) is 0 Å². The standard InChI is InChI=1S/C15H18N4O/c1-11-5-4-6-12(18-11)10-19(3)15(20)13-7-8-17-9-14(13)16-2/h4-9,16H,10H2,1-3H3. The van der Waals surface area contributed by atoms with Crippen molar-refractivity contribution in [2.24, 2.45) is 0 Å². The molecule has 20 heavy (non-hydrogen) atoms. The van der Waals surface area contributed by atoms with Crippen LogP contribution in [0.25, 0.3) is 0 Å². The molecule has 0 saturated carbocycles. The van der Waals surface area contributed by atoms with Gasteiger partial charge in [-0.15, -0.1) is 0 Å². The molecule has 5 heteroatoms. The number of pyridine rings is 2. The third-order valence-electron chi connectivity index (χ3n) is 3.01. The zero-order valence-corrected chi connectivity index (χ0v) is 11.9. The number of amides is 1. The molecule has 0 aromatic carbocycles. The molecule has 0 fully saturated rings. The van der Waals surface area contributed by atoms with Crippen molar-refractivity contribution in [1.29, 1.82) is 0 Å². The van der Waals surface area contributed by atoms with Crippen molar-refractivity contribution in [1.82, 2.24) is 14.9 Å². The lowest BCUT2D eigenvalue weighted by Gasteiger charge is -2.18. The molecular formula is C15H18N4O. The molecule has 1 amide bonds. The molecule has 0 radical (unpaired) electrons. The van der Waals surface area contributed by atoms with Crippen molar-refractivity contribution in [3.63, 3.8) is 0 Å². The van der Waals surface area contributed by atoms with Crippen LogP contribution in [0.5, 0.6) is 0 Å². The average Bonchev–Trinajstić information content (AvgIpc) is 2.46. The minimum absolute atomic E-state index is 0.0555. The van der Waals surface area contributed by atoms with Gasteiger partial charge in [0.1, 0.15) is 0 Å². The van der Waals surface area contributed by atoms with Gasteiger partial charge in [0.15, 0.2) is 0 Å². The highest BCUT2D eigenvalue weighted by Gasteiger charge is 2.15. The number of nitrogens with one attached hydrogen (secondary N) is 1. The lowest BCUT2D eigenvalue weighted by Crippen LogP contribution is -2.27. The number of carbonyl (C=O) groups is 1. The molecule has 0 unspecified atom stereocenters. The van der Waals surface area contributed by atoms with Crippen LogP contribution < -0.4 is 5.32 Å². The Morgan fingerprint density at radius 2 is 2.15 bits per heavy atom. The highest BCUT2D eigenvalue weighted by atomic mass is 16.2. The first-order valence-electron chi connectivity index (χ1n) is 6.41. The van der Waals surface area contributed by atoms with Crippen molar-refractivity contribution < 1.29 is 4.79 Å². The SMILES string of the molecule is CNc1cnccc1C(=O)N(C)Cc1cccc(C)n1. The van der Waals surface area contributed by atoms with Crippen LogP contribution in [0.2, 0.25) is 0 Å². The monoisotopic (exact) mass is 270 g/mol. The van der Waals surface area contributed by atoms with E-state index in [4.69, 9.17) is 0 Å². The summed E-state index contributed by atoms with van der Waals surface area (Å²) in [6.07, 6.45) is 3.26. The molecule has 2 heterocycles. The molecule has 5 nitrogen and oxygen atoms in total. The van der Waals surface area contributed by atoms with E-state index in [9.17, 15) is 4.79 Å². The first-order chi connectivity index (χ1) is 9.61. The number of nitrogens with zero attached hydrogens (tertiary/aromatic N) is 3. The van der Waals surface area contributed by atoms with E-state index in [2.05, 4.69) is 15.3 Å². The van der Waals surface area contributed by atoms with Crippen LogP contribution in [0.3, 0.4) is 0 Å². The lowest BCUT2D eigenvalue weighted by atomic mass is 10.2. The maximum absolute atomic E-state index is 12.4. The quantitative estimate of drug-likeness (QED) is 0.924. The molecule has 0 aliphatic carbocycles. The molecule has 0 atom stereocenters. The Kier molecular flexibility index (Phi) is 4.30. The maximum atomic E-state index is 12.4. The van der Waals surface area contributed by atoms with Gasteiger partial charge in [0.25, 0.3) is 5.91 Å². The van der Waals surface area contributed by atoms with E-state index in [1.807, 2.05) is 25.1 Å². The number of hydrogen-bond donors (Lipinski definition) is 1. The van der Waals surface area contributed by atoms with Crippen molar-refractivity contribution in [3.05, 3.63) is 53.6 Å². The molecular weight excluding hydrogens is 252 g/mol. The molecule has 2 rings (SSSR count). The van der Waals surface area contributed by atoms with Gasteiger partial charge in [-0.1, -0.05) is 6.07 Å². The van der Waals surface area contributed by atoms with Gasteiger partial charge in [-0.05, 0) is 25.1 Å². The molecule has 1 N–H and O–H groups in total. The van der Waals surface area contributed by atoms with Crippen LogP contribution in [0, 0.1) is 6.92 Å². The Labute approximate surface area is 118 Å². The van der Waals surface area contributed by atoms with Gasteiger partial charge in [0, 0.05) is 26.0 Å². The Morgan fingerprint density at radius 1 is 1.35 bits per heavy atom. The van der Waals surface area contributed by atoms with Gasteiger partial charge in [0.05, 0.1) is 29.7 Å². The van der Waals surface area contributed by atoms with Crippen LogP contribution >= 0.6 is 0 Å². The summed E-state index contributed by atoms with van der Waals surface area (Å²) in [5.74, 6) is -0.0555. The fraction of sp³-hybridized carbons (Fsp3) is 0.267. The summed E-state index contributed by atoms with van der Waals surface area (Å²) in [5, 5.41) is 2.98. The third-order valence-corrected chi connectivity index (χ3v) is 3.01. The van der Waals surface area contributed by atoms with Gasteiger partial charge >= 0.3 is 0 Å². The van der Waals surface area contributed by atoms with Gasteiger partial charge in [-0.3, -0.25) is 14.8 Å². The fourth-order valence-electron chi connectivity index (χ4n) is 1.99. The summed E-state index contributed by atoms with van der Waals surface area (Å²) >= 11 is 0. The summed E-state index contributed by atoms with van der Waals surface area (Å²) in [4.78, 5) is 22.5. The highest BCUT2D eigenvalue weighted by molar-refractivity contribution is 5.99. The molecule has 0 saturated heterocycles. The molecule has 2 aromatic heterocycles. The molecule has 0 aliphatic rings. The maximum Gasteiger partial charge on any atom is 0.256 e. The summed E-state index contributed by atoms with van der Waals surface area (Å²) < 4.78 is 0. The number of rotatable bonds is 4. The van der Waals surface area contributed by atoms with E-state index in [0.717, 1.165) is 17.1 Å². The van der Waals surface area contributed by atoms with Gasteiger partial charge in [-0.25, -0.2) is 0 Å². The third kappa shape index (κ3) is 3.12. The van der Waals surface area contributed by atoms with Crippen molar-refractivity contribution >= 4 is 11.6 Å². The van der Waals surface area contributed by atoms with E-state index in [1.165, 1.54) is 0 Å². The Hall–Kier alpha value is -2.43. The normalized spacial score (nSPS) is 10.2. The zero-order valence-electron chi connectivity index (χ0n) is 11.9. The molecule has 0 aliphatic heterocycles. The van der Waals surface area contributed by atoms with E-state index in [-0.39, 0.29) is 5.91 Å². The number of carbonyl (C=O) groups excluding carboxylic acids is 1. The van der Waals surface area contributed by atoms with Crippen LogP contribution in [0.1, 0.15) is 21.7 Å². The number of aromatic nitrogens is 2. The van der Waals surface area contributed by atoms with E-state index in [1.54, 1.807) is 37.5 Å². The summed E-state index contributed by atoms with van der Waals surface area (Å²) in [6, 6.07) is 7.52. The number of aryl methyl sites for hydroxylation is 1. The first kappa shape index (κ1) is 14.0. The second kappa shape index (κ2) is 6.14. The largest absolute Gasteiger partial charge is 0.386 e. The number of anilines is 1. The number of hydrogen-bond acceptors (Lipinski definition) is 4. The summed E-state index contributed by atoms with van der Waals surface area (Å²) in [5.41, 5.74) is 3.16. The van der Waals surface area contributed by atoms with E-state index >= 15 is 0 Å². The molecule has 104 valence electrons. The summed E-state index contributed by atoms with van der Waals surface area (Å²) in [6.45, 7) is 2.42. The van der Waals surface area contributed by atoms with Crippen LogP contribution in [0.4, 0.5) is 5.69 Å². The Morgan fingerprint density at radius 3 is 2.85 bits per heavy atom. The Bertz CT molecular complexity index is 612. The minimum atomic E-state index is -0.0555. The predicted molar refractivity (Wildman–Crippen MR) is 78.6 cm³/mol.